The molecule has 0 aliphatic heterocycles. The Hall–Kier alpha value is -1.14. The molecule has 64 valence electrons. The van der Waals surface area contributed by atoms with Crippen molar-refractivity contribution >= 4 is 11.9 Å². The summed E-state index contributed by atoms with van der Waals surface area (Å²) in [5.74, 6) is -2.16. The standard InChI is InChI=1S/C5H10N2O4/c1-11-5(10)3(7)2(6)4(8)9/h2-3H,6-7H2,1H3,(H,8,9). The zero-order valence-corrected chi connectivity index (χ0v) is 5.98. The summed E-state index contributed by atoms with van der Waals surface area (Å²) < 4.78 is 4.18. The van der Waals surface area contributed by atoms with E-state index in [4.69, 9.17) is 16.6 Å². The smallest absolute Gasteiger partial charge is 0.324 e. The molecule has 0 saturated heterocycles. The average molecular weight is 162 g/mol. The highest BCUT2D eigenvalue weighted by Gasteiger charge is 2.27. The highest BCUT2D eigenvalue weighted by atomic mass is 16.5. The minimum Gasteiger partial charge on any atom is -0.480 e. The lowest BCUT2D eigenvalue weighted by atomic mass is 10.1. The van der Waals surface area contributed by atoms with E-state index >= 15 is 0 Å². The minimum absolute atomic E-state index is 0.833. The third-order valence-electron chi connectivity index (χ3n) is 1.15. The second-order valence-corrected chi connectivity index (χ2v) is 1.91. The van der Waals surface area contributed by atoms with Crippen LogP contribution in [0.5, 0.6) is 0 Å². The summed E-state index contributed by atoms with van der Waals surface area (Å²) in [5.41, 5.74) is 10.1. The summed E-state index contributed by atoms with van der Waals surface area (Å²) in [4.78, 5) is 20.7. The second kappa shape index (κ2) is 3.89. The summed E-state index contributed by atoms with van der Waals surface area (Å²) in [6, 6.07) is -2.72. The van der Waals surface area contributed by atoms with Gasteiger partial charge in [0.15, 0.2) is 0 Å². The number of carbonyl (C=O) groups is 2. The van der Waals surface area contributed by atoms with E-state index in [1.165, 1.54) is 0 Å². The van der Waals surface area contributed by atoms with Crippen LogP contribution in [-0.2, 0) is 14.3 Å². The topological polar surface area (TPSA) is 116 Å². The molecule has 0 aliphatic rings. The molecule has 0 fully saturated rings. The number of aliphatic carboxylic acids is 1. The summed E-state index contributed by atoms with van der Waals surface area (Å²) in [7, 11) is 1.11. The molecule has 0 aromatic heterocycles. The van der Waals surface area contributed by atoms with Crippen LogP contribution in [-0.4, -0.2) is 36.2 Å². The van der Waals surface area contributed by atoms with E-state index in [0.717, 1.165) is 7.11 Å². The van der Waals surface area contributed by atoms with Gasteiger partial charge in [-0.2, -0.15) is 0 Å². The summed E-state index contributed by atoms with van der Waals surface area (Å²) >= 11 is 0. The molecule has 0 aromatic carbocycles. The molecule has 6 heteroatoms. The van der Waals surface area contributed by atoms with Gasteiger partial charge in [0.05, 0.1) is 7.11 Å². The van der Waals surface area contributed by atoms with Crippen molar-refractivity contribution in [3.05, 3.63) is 0 Å². The van der Waals surface area contributed by atoms with Crippen LogP contribution in [0.2, 0.25) is 0 Å². The fourth-order valence-electron chi connectivity index (χ4n) is 0.436. The summed E-state index contributed by atoms with van der Waals surface area (Å²) in [6.45, 7) is 0. The molecule has 0 bridgehead atoms. The molecule has 11 heavy (non-hydrogen) atoms. The quantitative estimate of drug-likeness (QED) is 0.409. The van der Waals surface area contributed by atoms with Crippen molar-refractivity contribution in [2.24, 2.45) is 11.5 Å². The first kappa shape index (κ1) is 9.86. The fraction of sp³-hybridized carbons (Fsp3) is 0.600. The van der Waals surface area contributed by atoms with E-state index in [-0.39, 0.29) is 0 Å². The van der Waals surface area contributed by atoms with E-state index in [9.17, 15) is 9.59 Å². The van der Waals surface area contributed by atoms with Crippen molar-refractivity contribution in [2.45, 2.75) is 12.1 Å². The third-order valence-corrected chi connectivity index (χ3v) is 1.15. The van der Waals surface area contributed by atoms with E-state index in [1.54, 1.807) is 0 Å². The van der Waals surface area contributed by atoms with E-state index < -0.39 is 24.0 Å². The molecule has 0 rings (SSSR count). The van der Waals surface area contributed by atoms with Gasteiger partial charge in [-0.3, -0.25) is 9.59 Å². The van der Waals surface area contributed by atoms with Crippen molar-refractivity contribution < 1.29 is 19.4 Å². The highest BCUT2D eigenvalue weighted by Crippen LogP contribution is 1.89. The van der Waals surface area contributed by atoms with Crippen LogP contribution in [0.25, 0.3) is 0 Å². The maximum atomic E-state index is 10.6. The molecule has 0 spiro atoms. The number of carboxylic acids is 1. The number of nitrogens with two attached hydrogens (primary N) is 2. The van der Waals surface area contributed by atoms with Crippen LogP contribution in [0.4, 0.5) is 0 Å². The van der Waals surface area contributed by atoms with Gasteiger partial charge in [0.1, 0.15) is 12.1 Å². The predicted molar refractivity (Wildman–Crippen MR) is 35.6 cm³/mol. The van der Waals surface area contributed by atoms with Gasteiger partial charge in [0.25, 0.3) is 0 Å². The maximum absolute atomic E-state index is 10.6. The Kier molecular flexibility index (Phi) is 3.49. The first-order valence-corrected chi connectivity index (χ1v) is 2.82. The molecule has 0 heterocycles. The Bertz CT molecular complexity index is 170. The lowest BCUT2D eigenvalue weighted by Crippen LogP contribution is -2.52. The van der Waals surface area contributed by atoms with Crippen molar-refractivity contribution in [3.63, 3.8) is 0 Å². The maximum Gasteiger partial charge on any atom is 0.324 e. The molecule has 5 N–H and O–H groups in total. The Morgan fingerprint density at radius 3 is 2.09 bits per heavy atom. The Morgan fingerprint density at radius 1 is 1.36 bits per heavy atom. The Balaban J connectivity index is 4.12. The van der Waals surface area contributed by atoms with E-state index in [2.05, 4.69) is 4.74 Å². The summed E-state index contributed by atoms with van der Waals surface area (Å²) in [5, 5.41) is 8.28. The van der Waals surface area contributed by atoms with Gasteiger partial charge in [0, 0.05) is 0 Å². The third kappa shape index (κ3) is 2.52. The van der Waals surface area contributed by atoms with E-state index in [1.807, 2.05) is 0 Å². The molecule has 2 atom stereocenters. The first-order valence-electron chi connectivity index (χ1n) is 2.82. The molecule has 0 aliphatic carbocycles. The first-order chi connectivity index (χ1) is 5.00. The van der Waals surface area contributed by atoms with Gasteiger partial charge in [-0.25, -0.2) is 0 Å². The van der Waals surface area contributed by atoms with Gasteiger partial charge >= 0.3 is 11.9 Å². The van der Waals surface area contributed by atoms with Crippen LogP contribution in [0.15, 0.2) is 0 Å². The molecule has 0 aromatic rings. The number of hydrogen-bond acceptors (Lipinski definition) is 5. The van der Waals surface area contributed by atoms with Gasteiger partial charge in [0.2, 0.25) is 0 Å². The van der Waals surface area contributed by atoms with Gasteiger partial charge in [-0.15, -0.1) is 0 Å². The van der Waals surface area contributed by atoms with Crippen molar-refractivity contribution in [1.82, 2.24) is 0 Å². The lowest BCUT2D eigenvalue weighted by Gasteiger charge is -2.12. The molecular formula is C5H10N2O4. The SMILES string of the molecule is COC(=O)C(N)C(N)C(=O)O. The average Bonchev–Trinajstić information content (AvgIpc) is 2.00. The molecule has 2 unspecified atom stereocenters. The fourth-order valence-corrected chi connectivity index (χ4v) is 0.436. The van der Waals surface area contributed by atoms with Crippen LogP contribution in [0.3, 0.4) is 0 Å². The number of hydrogen-bond donors (Lipinski definition) is 3. The largest absolute Gasteiger partial charge is 0.480 e. The monoisotopic (exact) mass is 162 g/mol. The van der Waals surface area contributed by atoms with Gasteiger partial charge in [-0.1, -0.05) is 0 Å². The highest BCUT2D eigenvalue weighted by molar-refractivity contribution is 5.85. The number of methoxy groups -OCH3 is 1. The molecule has 0 amide bonds. The normalized spacial score (nSPS) is 15.2. The van der Waals surface area contributed by atoms with Crippen LogP contribution < -0.4 is 11.5 Å². The van der Waals surface area contributed by atoms with Crippen LogP contribution in [0.1, 0.15) is 0 Å². The molecule has 0 saturated carbocycles. The van der Waals surface area contributed by atoms with Gasteiger partial charge < -0.3 is 21.3 Å². The van der Waals surface area contributed by atoms with Crippen molar-refractivity contribution in [1.29, 1.82) is 0 Å². The van der Waals surface area contributed by atoms with Crippen molar-refractivity contribution in [3.8, 4) is 0 Å². The number of carboxylic acid groups (broad SMARTS) is 1. The number of rotatable bonds is 3. The minimum atomic E-state index is -1.41. The number of ether oxygens (including phenoxy) is 1. The number of esters is 1. The molecule has 6 nitrogen and oxygen atoms in total. The summed E-state index contributed by atoms with van der Waals surface area (Å²) in [6.07, 6.45) is 0. The van der Waals surface area contributed by atoms with Crippen molar-refractivity contribution in [2.75, 3.05) is 7.11 Å². The van der Waals surface area contributed by atoms with E-state index in [0.29, 0.717) is 0 Å². The van der Waals surface area contributed by atoms with Crippen LogP contribution in [0, 0.1) is 0 Å². The predicted octanol–water partition coefficient (Wildman–Crippen LogP) is -2.10. The second-order valence-electron chi connectivity index (χ2n) is 1.91. The zero-order valence-electron chi connectivity index (χ0n) is 5.98. The lowest BCUT2D eigenvalue weighted by molar-refractivity contribution is -0.148. The Labute approximate surface area is 63.1 Å². The zero-order chi connectivity index (χ0) is 9.02. The Morgan fingerprint density at radius 2 is 1.82 bits per heavy atom. The number of carbonyl (C=O) groups excluding carboxylic acids is 1. The molecular weight excluding hydrogens is 152 g/mol. The van der Waals surface area contributed by atoms with Crippen LogP contribution >= 0.6 is 0 Å². The van der Waals surface area contributed by atoms with Gasteiger partial charge in [-0.05, 0) is 0 Å². The molecule has 0 radical (unpaired) electrons.